The largest absolute Gasteiger partial charge is 0.479 e. The smallest absolute Gasteiger partial charge is 0.265 e. The van der Waals surface area contributed by atoms with Crippen molar-refractivity contribution in [1.82, 2.24) is 9.62 Å². The highest BCUT2D eigenvalue weighted by Crippen LogP contribution is 2.31. The maximum absolute atomic E-state index is 12.4. The van der Waals surface area contributed by atoms with Gasteiger partial charge in [-0.3, -0.25) is 9.69 Å². The molecule has 0 radical (unpaired) electrons. The Morgan fingerprint density at radius 2 is 2.08 bits per heavy atom. The van der Waals surface area contributed by atoms with Crippen molar-refractivity contribution < 1.29 is 22.7 Å². The van der Waals surface area contributed by atoms with Crippen LogP contribution in [0.4, 0.5) is 5.69 Å². The number of benzene rings is 1. The second kappa shape index (κ2) is 7.69. The number of amides is 1. The van der Waals surface area contributed by atoms with Crippen molar-refractivity contribution in [3.05, 3.63) is 18.2 Å². The number of hydrogen-bond acceptors (Lipinski definition) is 6. The predicted octanol–water partition coefficient (Wildman–Crippen LogP) is 0.407. The number of rotatable bonds is 6. The van der Waals surface area contributed by atoms with E-state index in [1.165, 1.54) is 12.1 Å². The Morgan fingerprint density at radius 1 is 1.32 bits per heavy atom. The summed E-state index contributed by atoms with van der Waals surface area (Å²) < 4.78 is 38.2. The Kier molecular flexibility index (Phi) is 5.57. The molecule has 1 atom stereocenters. The van der Waals surface area contributed by atoms with E-state index in [0.29, 0.717) is 18.0 Å². The van der Waals surface area contributed by atoms with Gasteiger partial charge >= 0.3 is 0 Å². The molecular weight excluding hydrogens is 346 g/mol. The predicted molar refractivity (Wildman–Crippen MR) is 92.2 cm³/mol. The Morgan fingerprint density at radius 3 is 2.84 bits per heavy atom. The number of carbonyl (C=O) groups excluding carboxylic acids is 1. The maximum Gasteiger partial charge on any atom is 0.265 e. The van der Waals surface area contributed by atoms with Gasteiger partial charge in [-0.05, 0) is 38.1 Å². The summed E-state index contributed by atoms with van der Waals surface area (Å²) in [5, 5.41) is 2.66. The summed E-state index contributed by atoms with van der Waals surface area (Å²) in [5.74, 6) is 0.180. The van der Waals surface area contributed by atoms with Crippen LogP contribution in [0.25, 0.3) is 0 Å². The number of hydrogen-bond donors (Lipinski definition) is 2. The molecule has 1 aromatic rings. The molecule has 2 heterocycles. The number of nitrogens with zero attached hydrogens (tertiary/aromatic N) is 1. The minimum Gasteiger partial charge on any atom is -0.479 e. The van der Waals surface area contributed by atoms with Crippen LogP contribution >= 0.6 is 0 Å². The number of anilines is 1. The van der Waals surface area contributed by atoms with E-state index in [-0.39, 0.29) is 10.8 Å². The fourth-order valence-corrected chi connectivity index (χ4v) is 3.87. The summed E-state index contributed by atoms with van der Waals surface area (Å²) in [7, 11) is -3.63. The van der Waals surface area contributed by atoms with E-state index in [2.05, 4.69) is 14.9 Å². The van der Waals surface area contributed by atoms with Gasteiger partial charge in [0.2, 0.25) is 10.0 Å². The Labute approximate surface area is 147 Å². The Bertz CT molecular complexity index is 731. The topological polar surface area (TPSA) is 97.0 Å². The molecule has 2 aliphatic heterocycles. The number of morpholine rings is 1. The molecule has 0 bridgehead atoms. The van der Waals surface area contributed by atoms with Crippen LogP contribution in [0.3, 0.4) is 0 Å². The van der Waals surface area contributed by atoms with Crippen LogP contribution in [-0.2, 0) is 19.6 Å². The van der Waals surface area contributed by atoms with Gasteiger partial charge in [0.1, 0.15) is 5.75 Å². The second-order valence-corrected chi connectivity index (χ2v) is 7.88. The SMILES string of the molecule is CC1Oc2ccc(S(=O)(=O)NCCCN3CCOCC3)cc2NC1=O. The van der Waals surface area contributed by atoms with Gasteiger partial charge in [-0.25, -0.2) is 13.1 Å². The monoisotopic (exact) mass is 369 g/mol. The van der Waals surface area contributed by atoms with Crippen LogP contribution in [0.1, 0.15) is 13.3 Å². The summed E-state index contributed by atoms with van der Waals surface area (Å²) in [6.45, 7) is 6.05. The maximum atomic E-state index is 12.4. The molecule has 2 aliphatic rings. The number of nitrogens with one attached hydrogen (secondary N) is 2. The van der Waals surface area contributed by atoms with E-state index >= 15 is 0 Å². The van der Waals surface area contributed by atoms with Gasteiger partial charge in [0.15, 0.2) is 6.10 Å². The summed E-state index contributed by atoms with van der Waals surface area (Å²) in [6.07, 6.45) is 0.134. The summed E-state index contributed by atoms with van der Waals surface area (Å²) >= 11 is 0. The lowest BCUT2D eigenvalue weighted by Crippen LogP contribution is -2.38. The molecule has 3 rings (SSSR count). The molecule has 138 valence electrons. The first-order valence-corrected chi connectivity index (χ1v) is 9.85. The van der Waals surface area contributed by atoms with Gasteiger partial charge in [0.05, 0.1) is 23.8 Å². The molecular formula is C16H23N3O5S. The van der Waals surface area contributed by atoms with Crippen LogP contribution in [0.15, 0.2) is 23.1 Å². The van der Waals surface area contributed by atoms with E-state index < -0.39 is 16.1 Å². The van der Waals surface area contributed by atoms with Crippen LogP contribution in [-0.4, -0.2) is 64.7 Å². The highest BCUT2D eigenvalue weighted by Gasteiger charge is 2.25. The van der Waals surface area contributed by atoms with E-state index in [9.17, 15) is 13.2 Å². The van der Waals surface area contributed by atoms with Crippen molar-refractivity contribution >= 4 is 21.6 Å². The van der Waals surface area contributed by atoms with Crippen LogP contribution in [0.2, 0.25) is 0 Å². The number of ether oxygens (including phenoxy) is 2. The number of fused-ring (bicyclic) bond motifs is 1. The fourth-order valence-electron chi connectivity index (χ4n) is 2.77. The molecule has 0 aromatic heterocycles. The van der Waals surface area contributed by atoms with Crippen molar-refractivity contribution in [1.29, 1.82) is 0 Å². The molecule has 8 nitrogen and oxygen atoms in total. The first-order chi connectivity index (χ1) is 12.0. The average molecular weight is 369 g/mol. The van der Waals surface area contributed by atoms with Gasteiger partial charge in [-0.1, -0.05) is 0 Å². The van der Waals surface area contributed by atoms with Crippen LogP contribution in [0.5, 0.6) is 5.75 Å². The quantitative estimate of drug-likeness (QED) is 0.705. The lowest BCUT2D eigenvalue weighted by atomic mass is 10.2. The molecule has 1 amide bonds. The molecule has 2 N–H and O–H groups in total. The normalized spacial score (nSPS) is 21.3. The van der Waals surface area contributed by atoms with Crippen LogP contribution in [0, 0.1) is 0 Å². The Hall–Kier alpha value is -1.68. The van der Waals surface area contributed by atoms with Crippen LogP contribution < -0.4 is 14.8 Å². The van der Waals surface area contributed by atoms with Crippen molar-refractivity contribution in [3.63, 3.8) is 0 Å². The van der Waals surface area contributed by atoms with E-state index in [0.717, 1.165) is 39.3 Å². The molecule has 25 heavy (non-hydrogen) atoms. The van der Waals surface area contributed by atoms with E-state index in [1.807, 2.05) is 0 Å². The highest BCUT2D eigenvalue weighted by atomic mass is 32.2. The molecule has 1 saturated heterocycles. The third-order valence-corrected chi connectivity index (χ3v) is 5.70. The van der Waals surface area contributed by atoms with Crippen molar-refractivity contribution in [3.8, 4) is 5.75 Å². The zero-order chi connectivity index (χ0) is 17.9. The van der Waals surface area contributed by atoms with Crippen molar-refractivity contribution in [2.75, 3.05) is 44.7 Å². The van der Waals surface area contributed by atoms with E-state index in [1.54, 1.807) is 13.0 Å². The minimum absolute atomic E-state index is 0.107. The van der Waals surface area contributed by atoms with Gasteiger partial charge < -0.3 is 14.8 Å². The third kappa shape index (κ3) is 4.49. The second-order valence-electron chi connectivity index (χ2n) is 6.11. The Balaban J connectivity index is 1.56. The van der Waals surface area contributed by atoms with Gasteiger partial charge in [0, 0.05) is 19.6 Å². The summed E-state index contributed by atoms with van der Waals surface area (Å²) in [6, 6.07) is 4.46. The van der Waals surface area contributed by atoms with Gasteiger partial charge in [-0.2, -0.15) is 0 Å². The molecule has 1 aromatic carbocycles. The first-order valence-electron chi connectivity index (χ1n) is 8.37. The average Bonchev–Trinajstić information content (AvgIpc) is 2.60. The molecule has 1 unspecified atom stereocenters. The molecule has 0 aliphatic carbocycles. The zero-order valence-electron chi connectivity index (χ0n) is 14.2. The van der Waals surface area contributed by atoms with Gasteiger partial charge in [-0.15, -0.1) is 0 Å². The van der Waals surface area contributed by atoms with Gasteiger partial charge in [0.25, 0.3) is 5.91 Å². The lowest BCUT2D eigenvalue weighted by molar-refractivity contribution is -0.122. The molecule has 1 fully saturated rings. The third-order valence-electron chi connectivity index (χ3n) is 4.24. The van der Waals surface area contributed by atoms with Crippen molar-refractivity contribution in [2.24, 2.45) is 0 Å². The van der Waals surface area contributed by atoms with Crippen molar-refractivity contribution in [2.45, 2.75) is 24.3 Å². The number of sulfonamides is 1. The lowest BCUT2D eigenvalue weighted by Gasteiger charge is -2.26. The molecule has 9 heteroatoms. The molecule has 0 saturated carbocycles. The highest BCUT2D eigenvalue weighted by molar-refractivity contribution is 7.89. The summed E-state index contributed by atoms with van der Waals surface area (Å²) in [5.41, 5.74) is 0.374. The number of carbonyl (C=O) groups is 1. The minimum atomic E-state index is -3.63. The fraction of sp³-hybridized carbons (Fsp3) is 0.562. The zero-order valence-corrected chi connectivity index (χ0v) is 15.0. The standard InChI is InChI=1S/C16H23N3O5S/c1-12-16(20)18-14-11-13(3-4-15(14)24-12)25(21,22)17-5-2-6-19-7-9-23-10-8-19/h3-4,11-12,17H,2,5-10H2,1H3,(H,18,20). The summed E-state index contributed by atoms with van der Waals surface area (Å²) in [4.78, 5) is 14.0. The molecule has 0 spiro atoms. The van der Waals surface area contributed by atoms with E-state index in [4.69, 9.17) is 9.47 Å². The first kappa shape index (κ1) is 18.1.